The Balaban J connectivity index is 2.47. The number of carbonyl (C=O) groups excluding carboxylic acids is 2. The van der Waals surface area contributed by atoms with Gasteiger partial charge in [0.15, 0.2) is 6.10 Å². The van der Waals surface area contributed by atoms with E-state index in [1.165, 1.54) is 6.92 Å². The molecule has 1 N–H and O–H groups in total. The maximum absolute atomic E-state index is 13.5. The van der Waals surface area contributed by atoms with Gasteiger partial charge in [0.2, 0.25) is 5.82 Å². The summed E-state index contributed by atoms with van der Waals surface area (Å²) >= 11 is 0. The lowest BCUT2D eigenvalue weighted by atomic mass is 9.82. The normalized spacial score (nSPS) is 25.6. The molecule has 0 aromatic carbocycles. The summed E-state index contributed by atoms with van der Waals surface area (Å²) in [6, 6.07) is 0. The van der Waals surface area contributed by atoms with Crippen LogP contribution in [0.4, 0.5) is 4.39 Å². The standard InChI is InChI=1S/C15H19FN2O7/c1-4-23-12(20)10-15(3,13(21)24-5-2)6-9(25-10)18-11(19)8(16)7-17-14(18)22/h7,9-10H,4-6H2,1-3H3,(H,17,22)/t9-,10-,15?/m0/s1. The molecule has 2 heterocycles. The molecule has 1 aromatic rings. The second kappa shape index (κ2) is 7.18. The average molecular weight is 358 g/mol. The molecule has 2 rings (SSSR count). The largest absolute Gasteiger partial charge is 0.465 e. The zero-order chi connectivity index (χ0) is 18.8. The number of ether oxygens (including phenoxy) is 3. The van der Waals surface area contributed by atoms with Crippen molar-refractivity contribution in [2.75, 3.05) is 13.2 Å². The van der Waals surface area contributed by atoms with E-state index in [2.05, 4.69) is 4.98 Å². The van der Waals surface area contributed by atoms with E-state index < -0.39 is 46.8 Å². The lowest BCUT2D eigenvalue weighted by Gasteiger charge is -2.25. The van der Waals surface area contributed by atoms with E-state index in [1.54, 1.807) is 13.8 Å². The molecular weight excluding hydrogens is 339 g/mol. The van der Waals surface area contributed by atoms with Gasteiger partial charge < -0.3 is 19.2 Å². The van der Waals surface area contributed by atoms with Crippen LogP contribution in [0.5, 0.6) is 0 Å². The Labute approximate surface area is 141 Å². The number of hydrogen-bond acceptors (Lipinski definition) is 7. The van der Waals surface area contributed by atoms with E-state index in [4.69, 9.17) is 14.2 Å². The van der Waals surface area contributed by atoms with Crippen LogP contribution < -0.4 is 11.2 Å². The fourth-order valence-electron chi connectivity index (χ4n) is 2.72. The van der Waals surface area contributed by atoms with Gasteiger partial charge in [-0.15, -0.1) is 0 Å². The van der Waals surface area contributed by atoms with Crippen LogP contribution in [0.3, 0.4) is 0 Å². The van der Waals surface area contributed by atoms with E-state index in [1.807, 2.05) is 0 Å². The third-order valence-corrected chi connectivity index (χ3v) is 3.97. The highest BCUT2D eigenvalue weighted by Gasteiger charge is 2.56. The second-order valence-electron chi connectivity index (χ2n) is 5.68. The van der Waals surface area contributed by atoms with Crippen molar-refractivity contribution in [2.45, 2.75) is 39.5 Å². The van der Waals surface area contributed by atoms with Crippen molar-refractivity contribution in [1.82, 2.24) is 9.55 Å². The first-order valence-electron chi connectivity index (χ1n) is 7.75. The molecule has 0 radical (unpaired) electrons. The summed E-state index contributed by atoms with van der Waals surface area (Å²) in [4.78, 5) is 50.4. The molecule has 1 fully saturated rings. The molecular formula is C15H19FN2O7. The Bertz CT molecular complexity index is 787. The quantitative estimate of drug-likeness (QED) is 0.742. The van der Waals surface area contributed by atoms with Crippen molar-refractivity contribution in [2.24, 2.45) is 5.41 Å². The molecule has 10 heteroatoms. The zero-order valence-electron chi connectivity index (χ0n) is 14.0. The summed E-state index contributed by atoms with van der Waals surface area (Å²) in [5.41, 5.74) is -3.64. The van der Waals surface area contributed by atoms with Crippen LogP contribution in [-0.2, 0) is 23.8 Å². The summed E-state index contributed by atoms with van der Waals surface area (Å²) in [7, 11) is 0. The first kappa shape index (κ1) is 18.8. The van der Waals surface area contributed by atoms with E-state index in [-0.39, 0.29) is 19.6 Å². The van der Waals surface area contributed by atoms with E-state index >= 15 is 0 Å². The van der Waals surface area contributed by atoms with Gasteiger partial charge in [-0.25, -0.2) is 14.2 Å². The van der Waals surface area contributed by atoms with Crippen molar-refractivity contribution >= 4 is 11.9 Å². The molecule has 138 valence electrons. The number of hydrogen-bond donors (Lipinski definition) is 1. The fourth-order valence-corrected chi connectivity index (χ4v) is 2.72. The first-order chi connectivity index (χ1) is 11.8. The van der Waals surface area contributed by atoms with Crippen LogP contribution in [0.15, 0.2) is 15.8 Å². The number of rotatable bonds is 5. The molecule has 0 amide bonds. The van der Waals surface area contributed by atoms with Crippen molar-refractivity contribution in [1.29, 1.82) is 0 Å². The minimum atomic E-state index is -1.49. The molecule has 0 bridgehead atoms. The van der Waals surface area contributed by atoms with Crippen molar-refractivity contribution in [3.05, 3.63) is 32.9 Å². The minimum Gasteiger partial charge on any atom is -0.465 e. The van der Waals surface area contributed by atoms with Crippen LogP contribution in [-0.4, -0.2) is 40.8 Å². The van der Waals surface area contributed by atoms with Gasteiger partial charge in [0.1, 0.15) is 11.6 Å². The molecule has 0 spiro atoms. The first-order valence-corrected chi connectivity index (χ1v) is 7.75. The van der Waals surface area contributed by atoms with Gasteiger partial charge in [0.25, 0.3) is 5.56 Å². The molecule has 1 saturated heterocycles. The van der Waals surface area contributed by atoms with Gasteiger partial charge in [-0.05, 0) is 20.8 Å². The second-order valence-corrected chi connectivity index (χ2v) is 5.68. The third-order valence-electron chi connectivity index (χ3n) is 3.97. The lowest BCUT2D eigenvalue weighted by molar-refractivity contribution is -0.172. The van der Waals surface area contributed by atoms with Crippen LogP contribution in [0.2, 0.25) is 0 Å². The highest BCUT2D eigenvalue weighted by atomic mass is 19.1. The molecule has 0 saturated carbocycles. The molecule has 9 nitrogen and oxygen atoms in total. The SMILES string of the molecule is CCOC(=O)[C@@H]1O[C@H](n2c(=O)[nH]cc(F)c2=O)CC1(C)C(=O)OCC. The number of esters is 2. The summed E-state index contributed by atoms with van der Waals surface area (Å²) in [6.45, 7) is 4.69. The average Bonchev–Trinajstić information content (AvgIpc) is 2.91. The van der Waals surface area contributed by atoms with Gasteiger partial charge in [-0.2, -0.15) is 4.39 Å². The van der Waals surface area contributed by atoms with Gasteiger partial charge in [-0.1, -0.05) is 0 Å². The van der Waals surface area contributed by atoms with Crippen LogP contribution in [0, 0.1) is 11.2 Å². The number of carbonyl (C=O) groups is 2. The zero-order valence-corrected chi connectivity index (χ0v) is 14.0. The topological polar surface area (TPSA) is 117 Å². The van der Waals surface area contributed by atoms with E-state index in [0.29, 0.717) is 10.8 Å². The van der Waals surface area contributed by atoms with Crippen LogP contribution in [0.1, 0.15) is 33.4 Å². The fraction of sp³-hybridized carbons (Fsp3) is 0.600. The Kier molecular flexibility index (Phi) is 5.41. The van der Waals surface area contributed by atoms with Crippen molar-refractivity contribution in [3.8, 4) is 0 Å². The van der Waals surface area contributed by atoms with Gasteiger partial charge in [0, 0.05) is 12.6 Å². The summed E-state index contributed by atoms with van der Waals surface area (Å²) in [6.07, 6.45) is -2.33. The van der Waals surface area contributed by atoms with Gasteiger partial charge in [0.05, 0.1) is 13.2 Å². The maximum atomic E-state index is 13.5. The molecule has 1 aliphatic heterocycles. The van der Waals surface area contributed by atoms with Gasteiger partial charge >= 0.3 is 17.6 Å². The van der Waals surface area contributed by atoms with E-state index in [0.717, 1.165) is 0 Å². The molecule has 1 unspecified atom stereocenters. The predicted octanol–water partition coefficient (Wildman–Crippen LogP) is 0.0957. The predicted molar refractivity (Wildman–Crippen MR) is 81.2 cm³/mol. The summed E-state index contributed by atoms with van der Waals surface area (Å²) < 4.78 is 29.4. The molecule has 25 heavy (non-hydrogen) atoms. The minimum absolute atomic E-state index is 0.0444. The number of nitrogens with one attached hydrogen (secondary N) is 1. The molecule has 1 aromatic heterocycles. The highest BCUT2D eigenvalue weighted by molar-refractivity contribution is 5.87. The Morgan fingerprint density at radius 2 is 2.00 bits per heavy atom. The smallest absolute Gasteiger partial charge is 0.336 e. The summed E-state index contributed by atoms with van der Waals surface area (Å²) in [5.74, 6) is -2.77. The molecule has 3 atom stereocenters. The van der Waals surface area contributed by atoms with Crippen molar-refractivity contribution < 1.29 is 28.2 Å². The summed E-state index contributed by atoms with van der Waals surface area (Å²) in [5, 5.41) is 0. The van der Waals surface area contributed by atoms with Crippen molar-refractivity contribution in [3.63, 3.8) is 0 Å². The Morgan fingerprint density at radius 3 is 2.60 bits per heavy atom. The molecule has 0 aliphatic carbocycles. The lowest BCUT2D eigenvalue weighted by Crippen LogP contribution is -2.43. The Hall–Kier alpha value is -2.49. The van der Waals surface area contributed by atoms with Crippen LogP contribution >= 0.6 is 0 Å². The maximum Gasteiger partial charge on any atom is 0.336 e. The monoisotopic (exact) mass is 358 g/mol. The number of halogens is 1. The van der Waals surface area contributed by atoms with Gasteiger partial charge in [-0.3, -0.25) is 9.59 Å². The third kappa shape index (κ3) is 3.34. The van der Waals surface area contributed by atoms with Crippen LogP contribution in [0.25, 0.3) is 0 Å². The highest BCUT2D eigenvalue weighted by Crippen LogP contribution is 2.44. The Morgan fingerprint density at radius 1 is 1.36 bits per heavy atom. The molecule has 1 aliphatic rings. The number of aromatic nitrogens is 2. The number of nitrogens with zero attached hydrogens (tertiary/aromatic N) is 1. The number of aromatic amines is 1. The number of H-pyrrole nitrogens is 1. The van der Waals surface area contributed by atoms with E-state index in [9.17, 15) is 23.6 Å².